The van der Waals surface area contributed by atoms with E-state index in [9.17, 15) is 4.79 Å². The van der Waals surface area contributed by atoms with Crippen LogP contribution >= 0.6 is 23.4 Å². The Labute approximate surface area is 152 Å². The van der Waals surface area contributed by atoms with E-state index in [1.165, 1.54) is 11.8 Å². The number of aryl methyl sites for hydroxylation is 2. The van der Waals surface area contributed by atoms with Gasteiger partial charge in [-0.25, -0.2) is 0 Å². The van der Waals surface area contributed by atoms with Crippen molar-refractivity contribution < 1.29 is 9.53 Å². The van der Waals surface area contributed by atoms with Gasteiger partial charge in [0.25, 0.3) is 0 Å². The minimum Gasteiger partial charge on any atom is -0.491 e. The highest BCUT2D eigenvalue weighted by Gasteiger charge is 2.13. The van der Waals surface area contributed by atoms with E-state index in [2.05, 4.69) is 11.4 Å². The molecule has 0 aliphatic heterocycles. The van der Waals surface area contributed by atoms with E-state index in [-0.39, 0.29) is 11.2 Å². The fourth-order valence-electron chi connectivity index (χ4n) is 2.11. The standard InChI is InChI=1S/C19H22ClNO2S/c1-13-4-5-14(2)18(12-13)23-11-10-21-19(22)15(3)24-17-8-6-16(20)7-9-17/h4-9,12,15H,10-11H2,1-3H3,(H,21,22)/t15-/m0/s1. The number of hydrogen-bond acceptors (Lipinski definition) is 3. The average molecular weight is 364 g/mol. The number of amides is 1. The number of nitrogens with one attached hydrogen (secondary N) is 1. The van der Waals surface area contributed by atoms with Crippen molar-refractivity contribution in [3.8, 4) is 5.75 Å². The lowest BCUT2D eigenvalue weighted by atomic mass is 10.1. The smallest absolute Gasteiger partial charge is 0.233 e. The molecule has 2 aromatic carbocycles. The van der Waals surface area contributed by atoms with Gasteiger partial charge in [-0.3, -0.25) is 4.79 Å². The first-order chi connectivity index (χ1) is 11.5. The average Bonchev–Trinajstić information content (AvgIpc) is 2.56. The van der Waals surface area contributed by atoms with Crippen LogP contribution in [0, 0.1) is 13.8 Å². The molecule has 0 bridgehead atoms. The number of halogens is 1. The molecule has 0 saturated heterocycles. The summed E-state index contributed by atoms with van der Waals surface area (Å²) in [6, 6.07) is 13.6. The van der Waals surface area contributed by atoms with Crippen LogP contribution in [0.5, 0.6) is 5.75 Å². The van der Waals surface area contributed by atoms with E-state index in [4.69, 9.17) is 16.3 Å². The fourth-order valence-corrected chi connectivity index (χ4v) is 3.13. The topological polar surface area (TPSA) is 38.3 Å². The third kappa shape index (κ3) is 5.77. The van der Waals surface area contributed by atoms with Gasteiger partial charge in [-0.15, -0.1) is 11.8 Å². The van der Waals surface area contributed by atoms with E-state index in [1.807, 2.05) is 57.2 Å². The summed E-state index contributed by atoms with van der Waals surface area (Å²) in [5.41, 5.74) is 2.26. The molecule has 1 N–H and O–H groups in total. The highest BCUT2D eigenvalue weighted by atomic mass is 35.5. The maximum atomic E-state index is 12.1. The van der Waals surface area contributed by atoms with Gasteiger partial charge in [0.05, 0.1) is 11.8 Å². The van der Waals surface area contributed by atoms with Crippen LogP contribution in [0.1, 0.15) is 18.1 Å². The molecule has 0 saturated carbocycles. The third-order valence-electron chi connectivity index (χ3n) is 3.50. The number of thioether (sulfide) groups is 1. The van der Waals surface area contributed by atoms with Crippen LogP contribution in [0.3, 0.4) is 0 Å². The predicted molar refractivity (Wildman–Crippen MR) is 101 cm³/mol. The molecule has 0 aromatic heterocycles. The Morgan fingerprint density at radius 3 is 2.62 bits per heavy atom. The highest BCUT2D eigenvalue weighted by molar-refractivity contribution is 8.00. The molecule has 2 aromatic rings. The van der Waals surface area contributed by atoms with Crippen LogP contribution in [0.2, 0.25) is 5.02 Å². The molecule has 0 aliphatic carbocycles. The highest BCUT2D eigenvalue weighted by Crippen LogP contribution is 2.24. The lowest BCUT2D eigenvalue weighted by molar-refractivity contribution is -0.120. The van der Waals surface area contributed by atoms with Crippen LogP contribution in [-0.2, 0) is 4.79 Å². The van der Waals surface area contributed by atoms with E-state index >= 15 is 0 Å². The van der Waals surface area contributed by atoms with Crippen molar-refractivity contribution >= 4 is 29.3 Å². The van der Waals surface area contributed by atoms with Gasteiger partial charge in [0.1, 0.15) is 12.4 Å². The number of rotatable bonds is 7. The molecule has 0 spiro atoms. The molecule has 0 fully saturated rings. The first-order valence-corrected chi connectivity index (χ1v) is 9.11. The Kier molecular flexibility index (Phi) is 7.00. The largest absolute Gasteiger partial charge is 0.491 e. The number of hydrogen-bond donors (Lipinski definition) is 1. The van der Waals surface area contributed by atoms with Crippen LogP contribution < -0.4 is 10.1 Å². The van der Waals surface area contributed by atoms with E-state index in [1.54, 1.807) is 0 Å². The molecule has 0 unspecified atom stereocenters. The van der Waals surface area contributed by atoms with Crippen LogP contribution in [-0.4, -0.2) is 24.3 Å². The van der Waals surface area contributed by atoms with Crippen molar-refractivity contribution in [3.05, 3.63) is 58.6 Å². The van der Waals surface area contributed by atoms with Crippen molar-refractivity contribution in [2.75, 3.05) is 13.2 Å². The summed E-state index contributed by atoms with van der Waals surface area (Å²) in [7, 11) is 0. The van der Waals surface area contributed by atoms with Crippen LogP contribution in [0.25, 0.3) is 0 Å². The van der Waals surface area contributed by atoms with Gasteiger partial charge in [-0.1, -0.05) is 23.7 Å². The lowest BCUT2D eigenvalue weighted by Gasteiger charge is -2.13. The molecule has 1 atom stereocenters. The Morgan fingerprint density at radius 2 is 1.92 bits per heavy atom. The maximum Gasteiger partial charge on any atom is 0.233 e. The van der Waals surface area contributed by atoms with Gasteiger partial charge >= 0.3 is 0 Å². The lowest BCUT2D eigenvalue weighted by Crippen LogP contribution is -2.34. The van der Waals surface area contributed by atoms with E-state index < -0.39 is 0 Å². The molecule has 0 heterocycles. The Hall–Kier alpha value is -1.65. The monoisotopic (exact) mass is 363 g/mol. The fraction of sp³-hybridized carbons (Fsp3) is 0.316. The zero-order chi connectivity index (χ0) is 17.5. The molecule has 1 amide bonds. The zero-order valence-electron chi connectivity index (χ0n) is 14.1. The van der Waals surface area contributed by atoms with Gasteiger partial charge in [0.15, 0.2) is 0 Å². The second-order valence-corrected chi connectivity index (χ2v) is 7.47. The van der Waals surface area contributed by atoms with Gasteiger partial charge < -0.3 is 10.1 Å². The van der Waals surface area contributed by atoms with Crippen LogP contribution in [0.4, 0.5) is 0 Å². The molecular formula is C19H22ClNO2S. The van der Waals surface area contributed by atoms with Gasteiger partial charge in [-0.05, 0) is 62.2 Å². The van der Waals surface area contributed by atoms with Crippen molar-refractivity contribution in [2.45, 2.75) is 30.9 Å². The van der Waals surface area contributed by atoms with Crippen molar-refractivity contribution in [1.29, 1.82) is 0 Å². The minimum atomic E-state index is -0.174. The quantitative estimate of drug-likeness (QED) is 0.575. The molecule has 24 heavy (non-hydrogen) atoms. The molecule has 0 radical (unpaired) electrons. The maximum absolute atomic E-state index is 12.1. The third-order valence-corrected chi connectivity index (χ3v) is 4.86. The summed E-state index contributed by atoms with van der Waals surface area (Å²) in [5, 5.41) is 3.43. The van der Waals surface area contributed by atoms with Gasteiger partial charge in [0, 0.05) is 9.92 Å². The van der Waals surface area contributed by atoms with Gasteiger partial charge in [-0.2, -0.15) is 0 Å². The van der Waals surface area contributed by atoms with Crippen molar-refractivity contribution in [1.82, 2.24) is 5.32 Å². The summed E-state index contributed by atoms with van der Waals surface area (Å²) >= 11 is 7.37. The molecule has 5 heteroatoms. The summed E-state index contributed by atoms with van der Waals surface area (Å²) in [5.74, 6) is 0.868. The Morgan fingerprint density at radius 1 is 1.21 bits per heavy atom. The summed E-state index contributed by atoms with van der Waals surface area (Å²) in [6.07, 6.45) is 0. The normalized spacial score (nSPS) is 11.8. The first kappa shape index (κ1) is 18.7. The van der Waals surface area contributed by atoms with Crippen LogP contribution in [0.15, 0.2) is 47.4 Å². The molecule has 3 nitrogen and oxygen atoms in total. The molecule has 0 aliphatic rings. The molecule has 128 valence electrons. The predicted octanol–water partition coefficient (Wildman–Crippen LogP) is 4.63. The number of ether oxygens (including phenoxy) is 1. The number of carbonyl (C=O) groups is 1. The zero-order valence-corrected chi connectivity index (χ0v) is 15.7. The molecule has 2 rings (SSSR count). The summed E-state index contributed by atoms with van der Waals surface area (Å²) < 4.78 is 5.74. The van der Waals surface area contributed by atoms with Crippen molar-refractivity contribution in [3.63, 3.8) is 0 Å². The SMILES string of the molecule is Cc1ccc(C)c(OCCNC(=O)[C@H](C)Sc2ccc(Cl)cc2)c1. The van der Waals surface area contributed by atoms with Crippen molar-refractivity contribution in [2.24, 2.45) is 0 Å². The minimum absolute atomic E-state index is 0.000450. The number of benzene rings is 2. The van der Waals surface area contributed by atoms with E-state index in [0.29, 0.717) is 18.2 Å². The second-order valence-electron chi connectivity index (χ2n) is 5.62. The van der Waals surface area contributed by atoms with Gasteiger partial charge in [0.2, 0.25) is 5.91 Å². The summed E-state index contributed by atoms with van der Waals surface area (Å²) in [4.78, 5) is 13.2. The van der Waals surface area contributed by atoms with E-state index in [0.717, 1.165) is 21.8 Å². The summed E-state index contributed by atoms with van der Waals surface area (Å²) in [6.45, 7) is 6.87. The Balaban J connectivity index is 1.74. The molecular weight excluding hydrogens is 342 g/mol. The first-order valence-electron chi connectivity index (χ1n) is 7.85. The second kappa shape index (κ2) is 9.00. The number of carbonyl (C=O) groups excluding carboxylic acids is 1. The Bertz CT molecular complexity index is 688.